The van der Waals surface area contributed by atoms with Crippen LogP contribution in [0.3, 0.4) is 0 Å². The molecule has 0 fully saturated rings. The molecule has 0 aliphatic heterocycles. The van der Waals surface area contributed by atoms with Crippen LogP contribution in [0, 0.1) is 0 Å². The van der Waals surface area contributed by atoms with E-state index in [9.17, 15) is 4.79 Å². The lowest BCUT2D eigenvalue weighted by molar-refractivity contribution is -0.145. The third-order valence-corrected chi connectivity index (χ3v) is 3.21. The van der Waals surface area contributed by atoms with Crippen LogP contribution in [0.5, 0.6) is 5.75 Å². The quantitative estimate of drug-likeness (QED) is 0.838. The van der Waals surface area contributed by atoms with Gasteiger partial charge < -0.3 is 9.84 Å². The minimum atomic E-state index is -0.913. The van der Waals surface area contributed by atoms with E-state index >= 15 is 0 Å². The number of hydrogen-bond donors (Lipinski definition) is 1. The highest BCUT2D eigenvalue weighted by atomic mass is 16.5. The fourth-order valence-corrected chi connectivity index (χ4v) is 1.85. The maximum absolute atomic E-state index is 11.0. The number of ether oxygens (including phenoxy) is 1. The standard InChI is InChI=1S/C16H24O3/c1-6-15(16(17)18)19-14-8-12(10(2)3)7-13(9-14)11(4)5/h7-11,15H,6H2,1-5H3,(H,17,18). The fraction of sp³-hybridized carbons (Fsp3) is 0.562. The van der Waals surface area contributed by atoms with E-state index < -0.39 is 12.1 Å². The Balaban J connectivity index is 3.08. The lowest BCUT2D eigenvalue weighted by Crippen LogP contribution is -2.26. The van der Waals surface area contributed by atoms with Gasteiger partial charge in [0.05, 0.1) is 0 Å². The Morgan fingerprint density at radius 2 is 1.58 bits per heavy atom. The Morgan fingerprint density at radius 3 is 1.89 bits per heavy atom. The molecule has 1 N–H and O–H groups in total. The first-order valence-electron chi connectivity index (χ1n) is 6.89. The third-order valence-electron chi connectivity index (χ3n) is 3.21. The van der Waals surface area contributed by atoms with Gasteiger partial charge in [-0.15, -0.1) is 0 Å². The molecule has 0 bridgehead atoms. The van der Waals surface area contributed by atoms with Crippen LogP contribution in [-0.2, 0) is 4.79 Å². The predicted molar refractivity (Wildman–Crippen MR) is 77.0 cm³/mol. The molecule has 0 amide bonds. The number of hydrogen-bond acceptors (Lipinski definition) is 2. The van der Waals surface area contributed by atoms with Crippen molar-refractivity contribution in [3.05, 3.63) is 29.3 Å². The highest BCUT2D eigenvalue weighted by Gasteiger charge is 2.18. The molecule has 0 aliphatic rings. The van der Waals surface area contributed by atoms with E-state index in [0.29, 0.717) is 24.0 Å². The molecule has 1 aromatic carbocycles. The summed E-state index contributed by atoms with van der Waals surface area (Å²) >= 11 is 0. The van der Waals surface area contributed by atoms with Gasteiger partial charge in [0, 0.05) is 0 Å². The molecule has 19 heavy (non-hydrogen) atoms. The van der Waals surface area contributed by atoms with Crippen molar-refractivity contribution in [1.82, 2.24) is 0 Å². The Bertz CT molecular complexity index is 409. The average molecular weight is 264 g/mol. The molecule has 1 rings (SSSR count). The summed E-state index contributed by atoms with van der Waals surface area (Å²) in [4.78, 5) is 11.0. The summed E-state index contributed by atoms with van der Waals surface area (Å²) in [7, 11) is 0. The van der Waals surface area contributed by atoms with Crippen molar-refractivity contribution < 1.29 is 14.6 Å². The summed E-state index contributed by atoms with van der Waals surface area (Å²) in [6.45, 7) is 10.3. The Hall–Kier alpha value is -1.51. The topological polar surface area (TPSA) is 46.5 Å². The molecule has 1 aromatic rings. The van der Waals surface area contributed by atoms with Gasteiger partial charge in [0.1, 0.15) is 5.75 Å². The Kier molecular flexibility index (Phi) is 5.40. The molecule has 0 saturated carbocycles. The zero-order valence-corrected chi connectivity index (χ0v) is 12.4. The van der Waals surface area contributed by atoms with Gasteiger partial charge in [-0.2, -0.15) is 0 Å². The van der Waals surface area contributed by atoms with E-state index in [1.165, 1.54) is 11.1 Å². The summed E-state index contributed by atoms with van der Waals surface area (Å²) in [6.07, 6.45) is -0.319. The molecule has 0 aromatic heterocycles. The smallest absolute Gasteiger partial charge is 0.344 e. The third kappa shape index (κ3) is 4.27. The van der Waals surface area contributed by atoms with Gasteiger partial charge >= 0.3 is 5.97 Å². The van der Waals surface area contributed by atoms with Crippen molar-refractivity contribution in [2.45, 2.75) is 59.0 Å². The second-order valence-corrected chi connectivity index (χ2v) is 5.50. The van der Waals surface area contributed by atoms with Crippen LogP contribution in [0.15, 0.2) is 18.2 Å². The van der Waals surface area contributed by atoms with Crippen LogP contribution in [0.4, 0.5) is 0 Å². The summed E-state index contributed by atoms with van der Waals surface area (Å²) < 4.78 is 5.61. The monoisotopic (exact) mass is 264 g/mol. The van der Waals surface area contributed by atoms with Gasteiger partial charge in [0.25, 0.3) is 0 Å². The maximum Gasteiger partial charge on any atom is 0.344 e. The second kappa shape index (κ2) is 6.60. The van der Waals surface area contributed by atoms with Gasteiger partial charge in [0.15, 0.2) is 6.10 Å². The Morgan fingerprint density at radius 1 is 1.11 bits per heavy atom. The highest BCUT2D eigenvalue weighted by Crippen LogP contribution is 2.28. The van der Waals surface area contributed by atoms with E-state index in [0.717, 1.165) is 0 Å². The molecule has 0 heterocycles. The molecule has 1 atom stereocenters. The van der Waals surface area contributed by atoms with Gasteiger partial charge in [-0.25, -0.2) is 4.79 Å². The highest BCUT2D eigenvalue weighted by molar-refractivity contribution is 5.72. The zero-order valence-electron chi connectivity index (χ0n) is 12.4. The minimum absolute atomic E-state index is 0.394. The first-order valence-corrected chi connectivity index (χ1v) is 6.89. The molecular formula is C16H24O3. The van der Waals surface area contributed by atoms with Crippen molar-refractivity contribution in [2.75, 3.05) is 0 Å². The van der Waals surface area contributed by atoms with E-state index in [2.05, 4.69) is 33.8 Å². The zero-order chi connectivity index (χ0) is 14.6. The average Bonchev–Trinajstić information content (AvgIpc) is 2.34. The Labute approximate surface area is 115 Å². The van der Waals surface area contributed by atoms with Gasteiger partial charge in [-0.05, 0) is 41.5 Å². The van der Waals surface area contributed by atoms with Crippen LogP contribution in [0.25, 0.3) is 0 Å². The molecule has 0 aliphatic carbocycles. The normalized spacial score (nSPS) is 12.8. The number of carbonyl (C=O) groups is 1. The van der Waals surface area contributed by atoms with Crippen molar-refractivity contribution >= 4 is 5.97 Å². The second-order valence-electron chi connectivity index (χ2n) is 5.50. The molecule has 0 radical (unpaired) electrons. The van der Waals surface area contributed by atoms with E-state index in [4.69, 9.17) is 9.84 Å². The molecule has 3 nitrogen and oxygen atoms in total. The first-order chi connectivity index (χ1) is 8.85. The SMILES string of the molecule is CCC(Oc1cc(C(C)C)cc(C(C)C)c1)C(=O)O. The number of benzene rings is 1. The number of carboxylic acid groups (broad SMARTS) is 1. The molecule has 0 spiro atoms. The fourth-order valence-electron chi connectivity index (χ4n) is 1.85. The number of aliphatic carboxylic acids is 1. The largest absolute Gasteiger partial charge is 0.479 e. The minimum Gasteiger partial charge on any atom is -0.479 e. The van der Waals surface area contributed by atoms with Crippen LogP contribution >= 0.6 is 0 Å². The maximum atomic E-state index is 11.0. The van der Waals surface area contributed by atoms with Gasteiger partial charge in [-0.1, -0.05) is 40.7 Å². The van der Waals surface area contributed by atoms with Crippen LogP contribution in [0.2, 0.25) is 0 Å². The lowest BCUT2D eigenvalue weighted by atomic mass is 9.95. The van der Waals surface area contributed by atoms with Crippen molar-refractivity contribution in [2.24, 2.45) is 0 Å². The van der Waals surface area contributed by atoms with E-state index in [-0.39, 0.29) is 0 Å². The predicted octanol–water partition coefficient (Wildman–Crippen LogP) is 4.18. The first kappa shape index (κ1) is 15.5. The molecule has 106 valence electrons. The van der Waals surface area contributed by atoms with Crippen molar-refractivity contribution in [3.63, 3.8) is 0 Å². The number of rotatable bonds is 6. The van der Waals surface area contributed by atoms with Crippen molar-refractivity contribution in [3.8, 4) is 5.75 Å². The van der Waals surface area contributed by atoms with Crippen LogP contribution in [0.1, 0.15) is 64.0 Å². The molecule has 3 heteroatoms. The summed E-state index contributed by atoms with van der Waals surface area (Å²) in [5.41, 5.74) is 2.36. The van der Waals surface area contributed by atoms with Gasteiger partial charge in [0.2, 0.25) is 0 Å². The lowest BCUT2D eigenvalue weighted by Gasteiger charge is -2.18. The molecule has 1 unspecified atom stereocenters. The molecule has 0 saturated heterocycles. The summed E-state index contributed by atoms with van der Waals surface area (Å²) in [5.74, 6) is 0.532. The van der Waals surface area contributed by atoms with Crippen LogP contribution < -0.4 is 4.74 Å². The van der Waals surface area contributed by atoms with Crippen LogP contribution in [-0.4, -0.2) is 17.2 Å². The summed E-state index contributed by atoms with van der Waals surface area (Å²) in [5, 5.41) is 9.07. The van der Waals surface area contributed by atoms with E-state index in [1.807, 2.05) is 19.1 Å². The summed E-state index contributed by atoms with van der Waals surface area (Å²) in [6, 6.07) is 6.06. The van der Waals surface area contributed by atoms with Gasteiger partial charge in [-0.3, -0.25) is 0 Å². The number of carboxylic acids is 1. The van der Waals surface area contributed by atoms with E-state index in [1.54, 1.807) is 0 Å². The molecular weight excluding hydrogens is 240 g/mol. The van der Waals surface area contributed by atoms with Crippen molar-refractivity contribution in [1.29, 1.82) is 0 Å².